The third-order valence-corrected chi connectivity index (χ3v) is 6.90. The Kier molecular flexibility index (Phi) is 8.59. The highest BCUT2D eigenvalue weighted by Gasteiger charge is 2.50. The smallest absolute Gasteiger partial charge is 0.300 e. The predicted molar refractivity (Wildman–Crippen MR) is 122 cm³/mol. The van der Waals surface area contributed by atoms with Crippen LogP contribution in [0.4, 0.5) is 13.2 Å². The third kappa shape index (κ3) is 6.58. The van der Waals surface area contributed by atoms with Crippen LogP contribution in [0.2, 0.25) is 0 Å². The summed E-state index contributed by atoms with van der Waals surface area (Å²) in [4.78, 5) is 2.61. The molecule has 1 saturated carbocycles. The minimum absolute atomic E-state index is 0.268. The van der Waals surface area contributed by atoms with Gasteiger partial charge in [0.15, 0.2) is 0 Å². The Labute approximate surface area is 185 Å². The molecule has 31 heavy (non-hydrogen) atoms. The van der Waals surface area contributed by atoms with Crippen molar-refractivity contribution in [2.24, 2.45) is 5.92 Å². The fraction of sp³-hybridized carbons (Fsp3) is 0.556. The molecule has 0 radical (unpaired) electrons. The van der Waals surface area contributed by atoms with Crippen LogP contribution < -0.4 is 0 Å². The molecule has 0 N–H and O–H groups in total. The Balaban J connectivity index is 1.54. The van der Waals surface area contributed by atoms with Crippen LogP contribution in [0.3, 0.4) is 0 Å². The topological polar surface area (TPSA) is 3.24 Å². The van der Waals surface area contributed by atoms with Crippen molar-refractivity contribution in [2.45, 2.75) is 76.9 Å². The molecular weight excluding hydrogens is 395 g/mol. The van der Waals surface area contributed by atoms with E-state index in [0.717, 1.165) is 50.8 Å². The summed E-state index contributed by atoms with van der Waals surface area (Å²) < 4.78 is 39.2. The molecule has 0 saturated heterocycles. The first-order valence-electron chi connectivity index (χ1n) is 11.9. The largest absolute Gasteiger partial charge is 0.392 e. The van der Waals surface area contributed by atoms with Crippen LogP contribution in [0.5, 0.6) is 0 Å². The molecule has 0 aromatic heterocycles. The van der Waals surface area contributed by atoms with Gasteiger partial charge in [-0.05, 0) is 74.1 Å². The maximum atomic E-state index is 13.1. The number of hydrogen-bond donors (Lipinski definition) is 0. The molecule has 3 rings (SSSR count). The number of alkyl halides is 3. The Bertz CT molecular complexity index is 769. The van der Waals surface area contributed by atoms with E-state index in [1.165, 1.54) is 11.1 Å². The highest BCUT2D eigenvalue weighted by atomic mass is 19.4. The minimum atomic E-state index is -4.07. The first-order chi connectivity index (χ1) is 14.9. The molecule has 170 valence electrons. The van der Waals surface area contributed by atoms with Gasteiger partial charge in [0.1, 0.15) is 0 Å². The number of nitrogens with zero attached hydrogens (tertiary/aromatic N) is 1. The number of hydrogen-bond acceptors (Lipinski definition) is 1. The van der Waals surface area contributed by atoms with E-state index in [-0.39, 0.29) is 12.3 Å². The zero-order valence-electron chi connectivity index (χ0n) is 18.9. The van der Waals surface area contributed by atoms with Crippen molar-refractivity contribution >= 4 is 0 Å². The number of rotatable bonds is 11. The van der Waals surface area contributed by atoms with E-state index < -0.39 is 12.1 Å². The van der Waals surface area contributed by atoms with Gasteiger partial charge in [-0.1, -0.05) is 68.4 Å². The van der Waals surface area contributed by atoms with E-state index in [2.05, 4.69) is 49.1 Å². The lowest BCUT2D eigenvalue weighted by Crippen LogP contribution is -2.37. The van der Waals surface area contributed by atoms with Gasteiger partial charge in [0.05, 0.1) is 5.92 Å². The molecular formula is C27H36F3N. The Hall–Kier alpha value is -1.81. The van der Waals surface area contributed by atoms with E-state index in [1.807, 2.05) is 24.3 Å². The second kappa shape index (κ2) is 11.2. The summed E-state index contributed by atoms with van der Waals surface area (Å²) in [7, 11) is 0. The fourth-order valence-corrected chi connectivity index (χ4v) is 4.88. The van der Waals surface area contributed by atoms with E-state index in [9.17, 15) is 13.2 Å². The van der Waals surface area contributed by atoms with Crippen LogP contribution in [-0.2, 0) is 12.8 Å². The number of benzene rings is 2. The van der Waals surface area contributed by atoms with Crippen molar-refractivity contribution < 1.29 is 13.2 Å². The van der Waals surface area contributed by atoms with Gasteiger partial charge in [-0.2, -0.15) is 13.2 Å². The number of halogens is 3. The molecule has 4 heteroatoms. The van der Waals surface area contributed by atoms with Crippen LogP contribution in [0, 0.1) is 5.92 Å². The molecule has 2 aromatic carbocycles. The third-order valence-electron chi connectivity index (χ3n) is 6.90. The highest BCUT2D eigenvalue weighted by molar-refractivity contribution is 5.28. The molecule has 0 spiro atoms. The summed E-state index contributed by atoms with van der Waals surface area (Å²) in [6, 6.07) is 19.1. The zero-order valence-corrected chi connectivity index (χ0v) is 18.9. The molecule has 2 aromatic rings. The van der Waals surface area contributed by atoms with Crippen LogP contribution in [0.25, 0.3) is 0 Å². The van der Waals surface area contributed by atoms with Gasteiger partial charge in [-0.25, -0.2) is 0 Å². The summed E-state index contributed by atoms with van der Waals surface area (Å²) in [6.45, 7) is 6.66. The maximum Gasteiger partial charge on any atom is 0.392 e. The van der Waals surface area contributed by atoms with Gasteiger partial charge in [0.2, 0.25) is 0 Å². The van der Waals surface area contributed by atoms with Crippen LogP contribution in [0.1, 0.15) is 68.6 Å². The average Bonchev–Trinajstić information content (AvgIpc) is 2.72. The van der Waals surface area contributed by atoms with E-state index in [1.54, 1.807) is 0 Å². The number of aryl methyl sites for hydroxylation is 1. The van der Waals surface area contributed by atoms with Crippen molar-refractivity contribution in [1.29, 1.82) is 0 Å². The molecule has 0 aliphatic heterocycles. The summed E-state index contributed by atoms with van der Waals surface area (Å²) in [6.07, 6.45) is 2.21. The van der Waals surface area contributed by atoms with E-state index in [0.29, 0.717) is 12.5 Å². The van der Waals surface area contributed by atoms with Crippen molar-refractivity contribution in [1.82, 2.24) is 4.90 Å². The zero-order chi connectivity index (χ0) is 22.3. The fourth-order valence-electron chi connectivity index (χ4n) is 4.88. The van der Waals surface area contributed by atoms with Gasteiger partial charge < -0.3 is 4.90 Å². The van der Waals surface area contributed by atoms with Crippen LogP contribution in [-0.4, -0.2) is 30.2 Å². The molecule has 1 aliphatic rings. The SMILES string of the molecule is CCCN(CCc1ccccc1)C(CC)CCc1ccc(C2CCC2C(F)(F)F)cc1. The van der Waals surface area contributed by atoms with Crippen LogP contribution >= 0.6 is 0 Å². The maximum absolute atomic E-state index is 13.1. The van der Waals surface area contributed by atoms with Gasteiger partial charge >= 0.3 is 6.18 Å². The molecule has 1 nitrogen and oxygen atoms in total. The first kappa shape index (κ1) is 23.8. The molecule has 0 amide bonds. The molecule has 3 atom stereocenters. The Morgan fingerprint density at radius 1 is 0.871 bits per heavy atom. The lowest BCUT2D eigenvalue weighted by atomic mass is 9.69. The Morgan fingerprint density at radius 2 is 1.55 bits per heavy atom. The quantitative estimate of drug-likeness (QED) is 0.358. The standard InChI is InChI=1S/C27H36F3N/c1-3-19-31(20-18-21-8-6-5-7-9-21)24(4-2)15-12-22-10-13-23(14-11-22)25-16-17-26(25)27(28,29)30/h5-11,13-14,24-26H,3-4,12,15-20H2,1-2H3. The van der Waals surface area contributed by atoms with Crippen molar-refractivity contribution in [2.75, 3.05) is 13.1 Å². The summed E-state index contributed by atoms with van der Waals surface area (Å²) in [5, 5.41) is 0. The monoisotopic (exact) mass is 431 g/mol. The summed E-state index contributed by atoms with van der Waals surface area (Å²) in [5.74, 6) is -1.51. The molecule has 0 heterocycles. The van der Waals surface area contributed by atoms with Gasteiger partial charge in [0.25, 0.3) is 0 Å². The summed E-state index contributed by atoms with van der Waals surface area (Å²) >= 11 is 0. The highest BCUT2D eigenvalue weighted by Crippen LogP contribution is 2.50. The second-order valence-corrected chi connectivity index (χ2v) is 8.95. The van der Waals surface area contributed by atoms with E-state index >= 15 is 0 Å². The molecule has 3 unspecified atom stereocenters. The van der Waals surface area contributed by atoms with Gasteiger partial charge in [0, 0.05) is 12.6 Å². The lowest BCUT2D eigenvalue weighted by Gasteiger charge is -2.38. The van der Waals surface area contributed by atoms with Crippen molar-refractivity contribution in [3.05, 3.63) is 71.3 Å². The summed E-state index contributed by atoms with van der Waals surface area (Å²) in [5.41, 5.74) is 3.45. The lowest BCUT2D eigenvalue weighted by molar-refractivity contribution is -0.200. The van der Waals surface area contributed by atoms with E-state index in [4.69, 9.17) is 0 Å². The normalized spacial score (nSPS) is 19.9. The second-order valence-electron chi connectivity index (χ2n) is 8.95. The van der Waals surface area contributed by atoms with Crippen molar-refractivity contribution in [3.63, 3.8) is 0 Å². The average molecular weight is 432 g/mol. The first-order valence-corrected chi connectivity index (χ1v) is 11.9. The van der Waals surface area contributed by atoms with Crippen LogP contribution in [0.15, 0.2) is 54.6 Å². The minimum Gasteiger partial charge on any atom is -0.300 e. The van der Waals surface area contributed by atoms with Gasteiger partial charge in [-0.15, -0.1) is 0 Å². The Morgan fingerprint density at radius 3 is 2.10 bits per heavy atom. The predicted octanol–water partition coefficient (Wildman–Crippen LogP) is 7.41. The van der Waals surface area contributed by atoms with Crippen molar-refractivity contribution in [3.8, 4) is 0 Å². The molecule has 1 fully saturated rings. The molecule has 1 aliphatic carbocycles. The van der Waals surface area contributed by atoms with Gasteiger partial charge in [-0.3, -0.25) is 0 Å². The molecule has 0 bridgehead atoms.